The van der Waals surface area contributed by atoms with E-state index in [9.17, 15) is 0 Å². The number of rotatable bonds is 4. The minimum atomic E-state index is 0.672. The second kappa shape index (κ2) is 6.06. The highest BCUT2D eigenvalue weighted by Crippen LogP contribution is 2.24. The van der Waals surface area contributed by atoms with E-state index in [1.165, 1.54) is 31.6 Å². The van der Waals surface area contributed by atoms with Crippen molar-refractivity contribution in [1.29, 1.82) is 0 Å². The van der Waals surface area contributed by atoms with Crippen molar-refractivity contribution in [2.45, 2.75) is 39.2 Å². The van der Waals surface area contributed by atoms with Crippen molar-refractivity contribution in [3.8, 4) is 5.75 Å². The fourth-order valence-corrected chi connectivity index (χ4v) is 3.26. The quantitative estimate of drug-likeness (QED) is 0.866. The van der Waals surface area contributed by atoms with Gasteiger partial charge >= 0.3 is 0 Å². The Labute approximate surface area is 126 Å². The summed E-state index contributed by atoms with van der Waals surface area (Å²) in [5.74, 6) is 1.61. The molecule has 1 saturated heterocycles. The van der Waals surface area contributed by atoms with Crippen LogP contribution in [0, 0.1) is 5.92 Å². The molecule has 1 fully saturated rings. The van der Waals surface area contributed by atoms with Gasteiger partial charge in [0.2, 0.25) is 0 Å². The Morgan fingerprint density at radius 2 is 2.10 bits per heavy atom. The van der Waals surface area contributed by atoms with E-state index in [2.05, 4.69) is 29.3 Å². The van der Waals surface area contributed by atoms with Gasteiger partial charge in [0, 0.05) is 18.4 Å². The number of hydrogen-bond acceptors (Lipinski definition) is 3. The first-order valence-corrected chi connectivity index (χ1v) is 7.92. The molecule has 0 radical (unpaired) electrons. The molecule has 114 valence electrons. The molecule has 4 nitrogen and oxygen atoms in total. The second-order valence-corrected chi connectivity index (χ2v) is 6.32. The van der Waals surface area contributed by atoms with E-state index >= 15 is 0 Å². The highest BCUT2D eigenvalue weighted by Gasteiger charge is 2.22. The van der Waals surface area contributed by atoms with E-state index in [0.29, 0.717) is 6.04 Å². The average Bonchev–Trinajstić information content (AvgIpc) is 2.90. The van der Waals surface area contributed by atoms with Gasteiger partial charge in [-0.05, 0) is 64.3 Å². The largest absolute Gasteiger partial charge is 0.493 e. The number of pyridine rings is 1. The van der Waals surface area contributed by atoms with Crippen molar-refractivity contribution in [3.05, 3.63) is 30.2 Å². The average molecular weight is 287 g/mol. The van der Waals surface area contributed by atoms with E-state index in [-0.39, 0.29) is 0 Å². The van der Waals surface area contributed by atoms with Gasteiger partial charge in [-0.15, -0.1) is 0 Å². The van der Waals surface area contributed by atoms with Crippen LogP contribution in [0.25, 0.3) is 5.65 Å². The minimum absolute atomic E-state index is 0.672. The third-order valence-corrected chi connectivity index (χ3v) is 4.59. The molecule has 4 heteroatoms. The summed E-state index contributed by atoms with van der Waals surface area (Å²) in [6.45, 7) is 7.02. The SMILES string of the molecule is COc1cccn2cc(CC3CCN(C(C)C)CC3)nc12. The summed E-state index contributed by atoms with van der Waals surface area (Å²) in [6, 6.07) is 4.64. The summed E-state index contributed by atoms with van der Waals surface area (Å²) < 4.78 is 7.45. The molecule has 0 saturated carbocycles. The van der Waals surface area contributed by atoms with Crippen molar-refractivity contribution >= 4 is 5.65 Å². The molecule has 0 unspecified atom stereocenters. The van der Waals surface area contributed by atoms with Crippen molar-refractivity contribution in [2.24, 2.45) is 5.92 Å². The van der Waals surface area contributed by atoms with Gasteiger partial charge in [0.15, 0.2) is 11.4 Å². The Bertz CT molecular complexity index is 597. The molecule has 2 aromatic rings. The Hall–Kier alpha value is -1.55. The molecule has 3 heterocycles. The number of hydrogen-bond donors (Lipinski definition) is 0. The molecule has 2 aromatic heterocycles. The summed E-state index contributed by atoms with van der Waals surface area (Å²) in [4.78, 5) is 7.33. The third-order valence-electron chi connectivity index (χ3n) is 4.59. The van der Waals surface area contributed by atoms with Crippen LogP contribution in [0.15, 0.2) is 24.5 Å². The second-order valence-electron chi connectivity index (χ2n) is 6.32. The Morgan fingerprint density at radius 3 is 2.76 bits per heavy atom. The number of likely N-dealkylation sites (tertiary alicyclic amines) is 1. The molecule has 1 aliphatic rings. The number of fused-ring (bicyclic) bond motifs is 1. The van der Waals surface area contributed by atoms with Gasteiger partial charge in [0.1, 0.15) is 0 Å². The van der Waals surface area contributed by atoms with Crippen LogP contribution in [-0.4, -0.2) is 40.5 Å². The number of nitrogens with zero attached hydrogens (tertiary/aromatic N) is 3. The first-order valence-electron chi connectivity index (χ1n) is 7.92. The maximum absolute atomic E-state index is 5.38. The van der Waals surface area contributed by atoms with Crippen LogP contribution < -0.4 is 4.74 Å². The van der Waals surface area contributed by atoms with Crippen molar-refractivity contribution < 1.29 is 4.74 Å². The minimum Gasteiger partial charge on any atom is -0.493 e. The molecule has 1 aliphatic heterocycles. The zero-order valence-electron chi connectivity index (χ0n) is 13.2. The summed E-state index contributed by atoms with van der Waals surface area (Å²) in [5, 5.41) is 0. The van der Waals surface area contributed by atoms with E-state index in [0.717, 1.165) is 23.7 Å². The van der Waals surface area contributed by atoms with Gasteiger partial charge in [0.25, 0.3) is 0 Å². The number of methoxy groups -OCH3 is 1. The number of imidazole rings is 1. The van der Waals surface area contributed by atoms with Crippen LogP contribution in [0.2, 0.25) is 0 Å². The summed E-state index contributed by atoms with van der Waals surface area (Å²) in [5.41, 5.74) is 2.11. The molecule has 0 bridgehead atoms. The highest BCUT2D eigenvalue weighted by atomic mass is 16.5. The fraction of sp³-hybridized carbons (Fsp3) is 0.588. The van der Waals surface area contributed by atoms with Gasteiger partial charge in [-0.2, -0.15) is 0 Å². The number of ether oxygens (including phenoxy) is 1. The topological polar surface area (TPSA) is 29.8 Å². The van der Waals surface area contributed by atoms with Crippen molar-refractivity contribution in [1.82, 2.24) is 14.3 Å². The van der Waals surface area contributed by atoms with E-state index in [1.807, 2.05) is 18.3 Å². The summed E-state index contributed by atoms with van der Waals surface area (Å²) in [7, 11) is 1.70. The molecule has 0 atom stereocenters. The van der Waals surface area contributed by atoms with Gasteiger partial charge in [-0.1, -0.05) is 0 Å². The van der Waals surface area contributed by atoms with Gasteiger partial charge < -0.3 is 14.0 Å². The van der Waals surface area contributed by atoms with E-state index in [4.69, 9.17) is 9.72 Å². The molecule has 0 spiro atoms. The smallest absolute Gasteiger partial charge is 0.179 e. The molecule has 3 rings (SSSR count). The van der Waals surface area contributed by atoms with Crippen LogP contribution in [0.4, 0.5) is 0 Å². The van der Waals surface area contributed by atoms with E-state index in [1.54, 1.807) is 7.11 Å². The first-order chi connectivity index (χ1) is 10.2. The molecular weight excluding hydrogens is 262 g/mol. The predicted octanol–water partition coefficient (Wildman–Crippen LogP) is 3.01. The summed E-state index contributed by atoms with van der Waals surface area (Å²) >= 11 is 0. The lowest BCUT2D eigenvalue weighted by Gasteiger charge is -2.34. The standard InChI is InChI=1S/C17H25N3O/c1-13(2)19-9-6-14(7-10-19)11-15-12-20-8-4-5-16(21-3)17(20)18-15/h4-5,8,12-14H,6-7,9-11H2,1-3H3. The Balaban J connectivity index is 1.69. The zero-order valence-corrected chi connectivity index (χ0v) is 13.2. The lowest BCUT2D eigenvalue weighted by atomic mass is 9.92. The normalized spacial score (nSPS) is 17.7. The number of piperidine rings is 1. The van der Waals surface area contributed by atoms with Crippen LogP contribution in [0.5, 0.6) is 5.75 Å². The Morgan fingerprint density at radius 1 is 1.33 bits per heavy atom. The van der Waals surface area contributed by atoms with Gasteiger partial charge in [-0.3, -0.25) is 0 Å². The third kappa shape index (κ3) is 3.05. The molecule has 21 heavy (non-hydrogen) atoms. The molecule has 0 aromatic carbocycles. The van der Waals surface area contributed by atoms with Crippen LogP contribution in [-0.2, 0) is 6.42 Å². The fourth-order valence-electron chi connectivity index (χ4n) is 3.26. The molecule has 0 aliphatic carbocycles. The maximum atomic E-state index is 5.38. The zero-order chi connectivity index (χ0) is 14.8. The van der Waals surface area contributed by atoms with Crippen molar-refractivity contribution in [2.75, 3.05) is 20.2 Å². The van der Waals surface area contributed by atoms with Gasteiger partial charge in [-0.25, -0.2) is 4.98 Å². The maximum Gasteiger partial charge on any atom is 0.179 e. The first kappa shape index (κ1) is 14.4. The van der Waals surface area contributed by atoms with Gasteiger partial charge in [0.05, 0.1) is 12.8 Å². The van der Waals surface area contributed by atoms with Crippen LogP contribution in [0.1, 0.15) is 32.4 Å². The lowest BCUT2D eigenvalue weighted by Crippen LogP contribution is -2.38. The van der Waals surface area contributed by atoms with Crippen LogP contribution >= 0.6 is 0 Å². The Kier molecular flexibility index (Phi) is 4.15. The van der Waals surface area contributed by atoms with Crippen molar-refractivity contribution in [3.63, 3.8) is 0 Å². The summed E-state index contributed by atoms with van der Waals surface area (Å²) in [6.07, 6.45) is 7.82. The number of aromatic nitrogens is 2. The lowest BCUT2D eigenvalue weighted by molar-refractivity contribution is 0.149. The van der Waals surface area contributed by atoms with E-state index < -0.39 is 0 Å². The predicted molar refractivity (Wildman–Crippen MR) is 84.9 cm³/mol. The monoisotopic (exact) mass is 287 g/mol. The molecule has 0 N–H and O–H groups in total. The van der Waals surface area contributed by atoms with Crippen LogP contribution in [0.3, 0.4) is 0 Å². The molecular formula is C17H25N3O. The molecule has 0 amide bonds. The highest BCUT2D eigenvalue weighted by molar-refractivity contribution is 5.54.